The highest BCUT2D eigenvalue weighted by molar-refractivity contribution is 6.02. The number of amides is 3. The Bertz CT molecular complexity index is 648. The molecule has 0 bridgehead atoms. The van der Waals surface area contributed by atoms with E-state index in [9.17, 15) is 24.0 Å². The van der Waals surface area contributed by atoms with Gasteiger partial charge in [-0.05, 0) is 25.7 Å². The molecule has 0 radical (unpaired) electrons. The van der Waals surface area contributed by atoms with Gasteiger partial charge in [0.2, 0.25) is 5.91 Å². The second kappa shape index (κ2) is 18.1. The normalized spacial score (nSPS) is 14.4. The number of rotatable bonds is 20. The first kappa shape index (κ1) is 29.8. The van der Waals surface area contributed by atoms with Crippen molar-refractivity contribution < 1.29 is 28.8 Å². The number of carbonyl (C=O) groups is 5. The van der Waals surface area contributed by atoms with Gasteiger partial charge in [0.15, 0.2) is 0 Å². The Balaban J connectivity index is 2.29. The highest BCUT2D eigenvalue weighted by atomic mass is 16.7. The molecule has 8 nitrogen and oxygen atoms in total. The third kappa shape index (κ3) is 12.3. The first-order chi connectivity index (χ1) is 16.4. The molecule has 0 spiro atoms. The number of imide groups is 1. The van der Waals surface area contributed by atoms with Crippen molar-refractivity contribution in [1.82, 2.24) is 10.4 Å². The van der Waals surface area contributed by atoms with Gasteiger partial charge in [-0.1, -0.05) is 71.6 Å². The van der Waals surface area contributed by atoms with Gasteiger partial charge in [0.25, 0.3) is 11.8 Å². The van der Waals surface area contributed by atoms with Crippen LogP contribution in [0.4, 0.5) is 0 Å². The van der Waals surface area contributed by atoms with Crippen LogP contribution in [0.2, 0.25) is 0 Å². The van der Waals surface area contributed by atoms with Crippen molar-refractivity contribution in [3.8, 4) is 0 Å². The van der Waals surface area contributed by atoms with Crippen molar-refractivity contribution in [2.45, 2.75) is 123 Å². The molecule has 34 heavy (non-hydrogen) atoms. The average molecular weight is 481 g/mol. The number of hydrogen-bond acceptors (Lipinski definition) is 6. The second-order valence-electron chi connectivity index (χ2n) is 9.18. The topological polar surface area (TPSA) is 110 Å². The van der Waals surface area contributed by atoms with E-state index in [4.69, 9.17) is 4.84 Å². The molecule has 1 atom stereocenters. The van der Waals surface area contributed by atoms with E-state index >= 15 is 0 Å². The molecule has 1 unspecified atom stereocenters. The number of unbranched alkanes of at least 4 members (excludes halogenated alkanes) is 9. The fourth-order valence-electron chi connectivity index (χ4n) is 4.00. The molecule has 1 fully saturated rings. The van der Waals surface area contributed by atoms with E-state index in [0.29, 0.717) is 43.7 Å². The predicted octanol–water partition coefficient (Wildman–Crippen LogP) is 4.79. The van der Waals surface area contributed by atoms with Crippen molar-refractivity contribution in [2.24, 2.45) is 5.92 Å². The van der Waals surface area contributed by atoms with Gasteiger partial charge in [0, 0.05) is 32.2 Å². The summed E-state index contributed by atoms with van der Waals surface area (Å²) in [5.74, 6) is -2.26. The zero-order chi connectivity index (χ0) is 25.2. The Labute approximate surface area is 204 Å². The Hall–Kier alpha value is -2.25. The molecule has 1 heterocycles. The van der Waals surface area contributed by atoms with E-state index in [1.807, 2.05) is 0 Å². The van der Waals surface area contributed by atoms with Crippen LogP contribution in [0.5, 0.6) is 0 Å². The van der Waals surface area contributed by atoms with Crippen LogP contribution in [-0.2, 0) is 28.8 Å². The fourth-order valence-corrected chi connectivity index (χ4v) is 4.00. The van der Waals surface area contributed by atoms with Gasteiger partial charge < -0.3 is 10.2 Å². The Morgan fingerprint density at radius 2 is 1.35 bits per heavy atom. The SMILES string of the molecule is CCCCCCCC(=O)C(CCCCCC)C(=O)NCCCCCC(=O)ON1C(=O)CCC1=O. The summed E-state index contributed by atoms with van der Waals surface area (Å²) >= 11 is 0. The molecule has 1 aliphatic rings. The minimum atomic E-state index is -0.607. The molecule has 8 heteroatoms. The third-order valence-corrected chi connectivity index (χ3v) is 6.13. The molecule has 0 aliphatic carbocycles. The maximum atomic E-state index is 12.7. The van der Waals surface area contributed by atoms with Crippen LogP contribution in [-0.4, -0.2) is 41.1 Å². The lowest BCUT2D eigenvalue weighted by molar-refractivity contribution is -0.197. The first-order valence-electron chi connectivity index (χ1n) is 13.3. The number of hydroxylamine groups is 2. The number of carbonyl (C=O) groups excluding carboxylic acids is 5. The Morgan fingerprint density at radius 3 is 2.00 bits per heavy atom. The van der Waals surface area contributed by atoms with Crippen molar-refractivity contribution in [3.05, 3.63) is 0 Å². The second-order valence-corrected chi connectivity index (χ2v) is 9.18. The molecule has 0 aromatic rings. The zero-order valence-electron chi connectivity index (χ0n) is 21.2. The molecular formula is C26H44N2O6. The van der Waals surface area contributed by atoms with Crippen molar-refractivity contribution in [1.29, 1.82) is 0 Å². The van der Waals surface area contributed by atoms with E-state index < -0.39 is 23.7 Å². The van der Waals surface area contributed by atoms with Crippen LogP contribution >= 0.6 is 0 Å². The molecule has 1 aliphatic heterocycles. The van der Waals surface area contributed by atoms with Crippen molar-refractivity contribution in [2.75, 3.05) is 6.54 Å². The number of nitrogens with one attached hydrogen (secondary N) is 1. The lowest BCUT2D eigenvalue weighted by Crippen LogP contribution is -2.36. The van der Waals surface area contributed by atoms with Crippen LogP contribution in [0.3, 0.4) is 0 Å². The van der Waals surface area contributed by atoms with Gasteiger partial charge in [-0.25, -0.2) is 4.79 Å². The van der Waals surface area contributed by atoms with Gasteiger partial charge >= 0.3 is 5.97 Å². The molecule has 194 valence electrons. The Kier molecular flexibility index (Phi) is 15.9. The summed E-state index contributed by atoms with van der Waals surface area (Å²) in [5, 5.41) is 3.46. The molecule has 0 aromatic heterocycles. The lowest BCUT2D eigenvalue weighted by Gasteiger charge is -2.16. The first-order valence-corrected chi connectivity index (χ1v) is 13.3. The van der Waals surface area contributed by atoms with Gasteiger partial charge in [0.1, 0.15) is 5.78 Å². The summed E-state index contributed by atoms with van der Waals surface area (Å²) in [7, 11) is 0. The summed E-state index contributed by atoms with van der Waals surface area (Å²) in [4.78, 5) is 65.0. The predicted molar refractivity (Wildman–Crippen MR) is 129 cm³/mol. The van der Waals surface area contributed by atoms with E-state index in [1.54, 1.807) is 0 Å². The Morgan fingerprint density at radius 1 is 0.794 bits per heavy atom. The van der Waals surface area contributed by atoms with E-state index in [-0.39, 0.29) is 31.0 Å². The molecule has 1 saturated heterocycles. The molecule has 3 amide bonds. The summed E-state index contributed by atoms with van der Waals surface area (Å²) in [6.07, 6.45) is 12.7. The molecule has 0 saturated carbocycles. The molecule has 1 rings (SSSR count). The summed E-state index contributed by atoms with van der Waals surface area (Å²) < 4.78 is 0. The van der Waals surface area contributed by atoms with Crippen LogP contribution in [0, 0.1) is 5.92 Å². The molecule has 1 N–H and O–H groups in total. The number of hydrogen-bond donors (Lipinski definition) is 1. The van der Waals surface area contributed by atoms with Crippen molar-refractivity contribution in [3.63, 3.8) is 0 Å². The highest BCUT2D eigenvalue weighted by Crippen LogP contribution is 2.17. The van der Waals surface area contributed by atoms with Gasteiger partial charge in [-0.2, -0.15) is 0 Å². The standard InChI is InChI=1S/C26H44N2O6/c1-3-5-7-9-12-16-22(29)21(15-11-8-6-4-2)26(33)27-20-14-10-13-17-25(32)34-28-23(30)18-19-24(28)31/h21H,3-20H2,1-2H3,(H,27,33). The number of nitrogens with zero attached hydrogens (tertiary/aromatic N) is 1. The van der Waals surface area contributed by atoms with Crippen LogP contribution in [0.15, 0.2) is 0 Å². The average Bonchev–Trinajstić information content (AvgIpc) is 3.12. The maximum absolute atomic E-state index is 12.7. The largest absolute Gasteiger partial charge is 0.355 e. The van der Waals surface area contributed by atoms with Gasteiger partial charge in [-0.3, -0.25) is 19.2 Å². The summed E-state index contributed by atoms with van der Waals surface area (Å²) in [5.41, 5.74) is 0. The molecule has 0 aromatic carbocycles. The summed E-state index contributed by atoms with van der Waals surface area (Å²) in [6.45, 7) is 4.75. The summed E-state index contributed by atoms with van der Waals surface area (Å²) in [6, 6.07) is 0. The molecular weight excluding hydrogens is 436 g/mol. The lowest BCUT2D eigenvalue weighted by atomic mass is 9.92. The maximum Gasteiger partial charge on any atom is 0.333 e. The van der Waals surface area contributed by atoms with E-state index in [0.717, 1.165) is 51.4 Å². The van der Waals surface area contributed by atoms with Crippen molar-refractivity contribution >= 4 is 29.5 Å². The highest BCUT2D eigenvalue weighted by Gasteiger charge is 2.32. The van der Waals surface area contributed by atoms with E-state index in [2.05, 4.69) is 19.2 Å². The number of ketones is 1. The monoisotopic (exact) mass is 480 g/mol. The quantitative estimate of drug-likeness (QED) is 0.152. The van der Waals surface area contributed by atoms with E-state index in [1.165, 1.54) is 6.42 Å². The fraction of sp³-hybridized carbons (Fsp3) is 0.808. The zero-order valence-corrected chi connectivity index (χ0v) is 21.2. The minimum Gasteiger partial charge on any atom is -0.355 e. The third-order valence-electron chi connectivity index (χ3n) is 6.13. The van der Waals surface area contributed by atoms with Crippen LogP contribution < -0.4 is 5.32 Å². The van der Waals surface area contributed by atoms with Crippen LogP contribution in [0.25, 0.3) is 0 Å². The number of Topliss-reactive ketones (excluding diaryl/α,β-unsaturated/α-hetero) is 1. The smallest absolute Gasteiger partial charge is 0.333 e. The van der Waals surface area contributed by atoms with Gasteiger partial charge in [0.05, 0.1) is 5.92 Å². The minimum absolute atomic E-state index is 0.0549. The van der Waals surface area contributed by atoms with Crippen LogP contribution in [0.1, 0.15) is 123 Å². The van der Waals surface area contributed by atoms with Gasteiger partial charge in [-0.15, -0.1) is 5.06 Å².